The van der Waals surface area contributed by atoms with Gasteiger partial charge in [-0.1, -0.05) is 23.9 Å². The van der Waals surface area contributed by atoms with Gasteiger partial charge in [-0.3, -0.25) is 4.79 Å². The second-order valence-electron chi connectivity index (χ2n) is 7.50. The lowest BCUT2D eigenvalue weighted by atomic mass is 10.0. The number of benzene rings is 2. The number of ether oxygens (including phenoxy) is 2. The molecule has 0 aliphatic carbocycles. The molecule has 1 unspecified atom stereocenters. The predicted molar refractivity (Wildman–Crippen MR) is 113 cm³/mol. The van der Waals surface area contributed by atoms with E-state index in [-0.39, 0.29) is 11.9 Å². The number of hydrogen-bond donors (Lipinski definition) is 1. The van der Waals surface area contributed by atoms with Gasteiger partial charge in [0.1, 0.15) is 13.2 Å². The van der Waals surface area contributed by atoms with E-state index in [0.29, 0.717) is 19.0 Å². The van der Waals surface area contributed by atoms with Gasteiger partial charge in [-0.15, -0.1) is 0 Å². The Morgan fingerprint density at radius 2 is 2.07 bits per heavy atom. The third-order valence-electron chi connectivity index (χ3n) is 5.47. The molecule has 1 saturated heterocycles. The number of imidazole rings is 1. The topological polar surface area (TPSA) is 67.5 Å². The second kappa shape index (κ2) is 7.63. The summed E-state index contributed by atoms with van der Waals surface area (Å²) in [5.41, 5.74) is 4.24. The van der Waals surface area contributed by atoms with E-state index in [2.05, 4.69) is 29.0 Å². The summed E-state index contributed by atoms with van der Waals surface area (Å²) in [7, 11) is 0. The van der Waals surface area contributed by atoms with Crippen molar-refractivity contribution < 1.29 is 14.3 Å². The maximum absolute atomic E-state index is 13.0. The van der Waals surface area contributed by atoms with Gasteiger partial charge in [0.05, 0.1) is 22.8 Å². The van der Waals surface area contributed by atoms with Gasteiger partial charge >= 0.3 is 0 Å². The number of fused-ring (bicyclic) bond motifs is 2. The Bertz CT molecular complexity index is 1060. The molecule has 0 bridgehead atoms. The molecule has 3 aromatic rings. The molecule has 29 heavy (non-hydrogen) atoms. The maximum atomic E-state index is 13.0. The number of aromatic nitrogens is 2. The Hall–Kier alpha value is -2.67. The smallest absolute Gasteiger partial charge is 0.233 e. The Balaban J connectivity index is 1.28. The van der Waals surface area contributed by atoms with Crippen LogP contribution in [-0.2, 0) is 4.79 Å². The number of thioether (sulfide) groups is 1. The van der Waals surface area contributed by atoms with Crippen LogP contribution >= 0.6 is 11.8 Å². The summed E-state index contributed by atoms with van der Waals surface area (Å²) in [6.07, 6.45) is 1.99. The van der Waals surface area contributed by atoms with Crippen molar-refractivity contribution in [2.75, 3.05) is 25.5 Å². The Morgan fingerprint density at radius 1 is 1.21 bits per heavy atom. The molecule has 1 atom stereocenters. The number of H-pyrrole nitrogens is 1. The number of nitrogens with zero attached hydrogens (tertiary/aromatic N) is 2. The number of aryl methyl sites for hydroxylation is 1. The third kappa shape index (κ3) is 3.67. The van der Waals surface area contributed by atoms with Crippen LogP contribution in [0.1, 0.15) is 30.0 Å². The monoisotopic (exact) mass is 409 g/mol. The van der Waals surface area contributed by atoms with E-state index in [0.717, 1.165) is 52.6 Å². The fraction of sp³-hybridized carbons (Fsp3) is 0.364. The SMILES string of the molecule is Cc1ccc2nc(SCC(=O)N3CCCC3c3ccc4c(c3)OCCO4)[nH]c2c1. The Morgan fingerprint density at radius 3 is 2.97 bits per heavy atom. The maximum Gasteiger partial charge on any atom is 0.233 e. The average Bonchev–Trinajstić information content (AvgIpc) is 3.38. The Labute approximate surface area is 173 Å². The lowest BCUT2D eigenvalue weighted by molar-refractivity contribution is -0.129. The number of amides is 1. The van der Waals surface area contributed by atoms with Gasteiger partial charge in [-0.05, 0) is 55.2 Å². The number of carbonyl (C=O) groups is 1. The van der Waals surface area contributed by atoms with Crippen molar-refractivity contribution in [1.29, 1.82) is 0 Å². The van der Waals surface area contributed by atoms with Crippen LogP contribution in [0.4, 0.5) is 0 Å². The van der Waals surface area contributed by atoms with Crippen LogP contribution < -0.4 is 9.47 Å². The summed E-state index contributed by atoms with van der Waals surface area (Å²) in [5.74, 6) is 2.08. The zero-order valence-corrected chi connectivity index (χ0v) is 17.1. The average molecular weight is 410 g/mol. The second-order valence-corrected chi connectivity index (χ2v) is 8.46. The largest absolute Gasteiger partial charge is 0.486 e. The van der Waals surface area contributed by atoms with E-state index in [9.17, 15) is 4.79 Å². The number of nitrogens with one attached hydrogen (secondary N) is 1. The zero-order chi connectivity index (χ0) is 19.8. The predicted octanol–water partition coefficient (Wildman–Crippen LogP) is 4.10. The molecule has 5 rings (SSSR count). The summed E-state index contributed by atoms with van der Waals surface area (Å²) < 4.78 is 11.3. The number of carbonyl (C=O) groups excluding carboxylic acids is 1. The molecule has 6 nitrogen and oxygen atoms in total. The summed E-state index contributed by atoms with van der Waals surface area (Å²) >= 11 is 1.46. The normalized spacial score (nSPS) is 18.4. The van der Waals surface area contributed by atoms with Crippen LogP contribution in [-0.4, -0.2) is 46.3 Å². The molecule has 7 heteroatoms. The molecular weight excluding hydrogens is 386 g/mol. The van der Waals surface area contributed by atoms with Crippen LogP contribution in [0.5, 0.6) is 11.5 Å². The highest BCUT2D eigenvalue weighted by atomic mass is 32.2. The van der Waals surface area contributed by atoms with E-state index in [1.807, 2.05) is 29.2 Å². The molecule has 0 saturated carbocycles. The standard InChI is InChI=1S/C22H23N3O3S/c1-14-4-6-16-17(11-14)24-22(23-16)29-13-21(26)25-8-2-3-18(25)15-5-7-19-20(12-15)28-10-9-27-19/h4-7,11-12,18H,2-3,8-10,13H2,1H3,(H,23,24). The van der Waals surface area contributed by atoms with E-state index >= 15 is 0 Å². The highest BCUT2D eigenvalue weighted by molar-refractivity contribution is 7.99. The van der Waals surface area contributed by atoms with Crippen LogP contribution in [0.2, 0.25) is 0 Å². The summed E-state index contributed by atoms with van der Waals surface area (Å²) in [5, 5.41) is 0.786. The molecule has 2 aliphatic heterocycles. The first kappa shape index (κ1) is 18.4. The van der Waals surface area contributed by atoms with E-state index in [1.165, 1.54) is 17.3 Å². The van der Waals surface area contributed by atoms with Gasteiger partial charge < -0.3 is 19.4 Å². The van der Waals surface area contributed by atoms with E-state index in [1.54, 1.807) is 0 Å². The van der Waals surface area contributed by atoms with Crippen molar-refractivity contribution in [3.63, 3.8) is 0 Å². The molecule has 3 heterocycles. The molecule has 2 aliphatic rings. The molecule has 0 spiro atoms. The zero-order valence-electron chi connectivity index (χ0n) is 16.3. The van der Waals surface area contributed by atoms with Crippen LogP contribution in [0.25, 0.3) is 11.0 Å². The van der Waals surface area contributed by atoms with Crippen molar-refractivity contribution >= 4 is 28.7 Å². The van der Waals surface area contributed by atoms with E-state index < -0.39 is 0 Å². The van der Waals surface area contributed by atoms with Crippen LogP contribution in [0.3, 0.4) is 0 Å². The van der Waals surface area contributed by atoms with Crippen molar-refractivity contribution in [1.82, 2.24) is 14.9 Å². The number of aromatic amines is 1. The number of likely N-dealkylation sites (tertiary alicyclic amines) is 1. The fourth-order valence-electron chi connectivity index (χ4n) is 4.06. The van der Waals surface area contributed by atoms with Gasteiger partial charge in [0.2, 0.25) is 5.91 Å². The molecule has 1 fully saturated rings. The first-order valence-electron chi connectivity index (χ1n) is 9.95. The lowest BCUT2D eigenvalue weighted by Crippen LogP contribution is -2.32. The van der Waals surface area contributed by atoms with Crippen molar-refractivity contribution in [3.05, 3.63) is 47.5 Å². The van der Waals surface area contributed by atoms with Crippen LogP contribution in [0, 0.1) is 6.92 Å². The molecule has 150 valence electrons. The first-order chi connectivity index (χ1) is 14.2. The van der Waals surface area contributed by atoms with Crippen molar-refractivity contribution in [2.24, 2.45) is 0 Å². The summed E-state index contributed by atoms with van der Waals surface area (Å²) in [4.78, 5) is 22.9. The van der Waals surface area contributed by atoms with Gasteiger partial charge in [-0.25, -0.2) is 4.98 Å². The van der Waals surface area contributed by atoms with Gasteiger partial charge in [-0.2, -0.15) is 0 Å². The van der Waals surface area contributed by atoms with Gasteiger partial charge in [0.25, 0.3) is 0 Å². The Kier molecular flexibility index (Phi) is 4.83. The first-order valence-corrected chi connectivity index (χ1v) is 10.9. The van der Waals surface area contributed by atoms with E-state index in [4.69, 9.17) is 9.47 Å². The third-order valence-corrected chi connectivity index (χ3v) is 6.33. The minimum atomic E-state index is 0.0947. The summed E-state index contributed by atoms with van der Waals surface area (Å²) in [6.45, 7) is 4.00. The van der Waals surface area contributed by atoms with Crippen LogP contribution in [0.15, 0.2) is 41.6 Å². The van der Waals surface area contributed by atoms with Crippen molar-refractivity contribution in [2.45, 2.75) is 31.0 Å². The number of hydrogen-bond acceptors (Lipinski definition) is 5. The van der Waals surface area contributed by atoms with Gasteiger partial charge in [0, 0.05) is 6.54 Å². The summed E-state index contributed by atoms with van der Waals surface area (Å²) in [6, 6.07) is 12.3. The molecule has 2 aromatic carbocycles. The fourth-order valence-corrected chi connectivity index (χ4v) is 4.83. The number of rotatable bonds is 4. The van der Waals surface area contributed by atoms with Gasteiger partial charge in [0.15, 0.2) is 16.7 Å². The minimum absolute atomic E-state index is 0.0947. The molecule has 1 amide bonds. The molecule has 1 aromatic heterocycles. The molecule has 1 N–H and O–H groups in total. The highest BCUT2D eigenvalue weighted by Gasteiger charge is 2.31. The lowest BCUT2D eigenvalue weighted by Gasteiger charge is -2.26. The molecular formula is C22H23N3O3S. The molecule has 0 radical (unpaired) electrons. The minimum Gasteiger partial charge on any atom is -0.486 e. The van der Waals surface area contributed by atoms with Crippen molar-refractivity contribution in [3.8, 4) is 11.5 Å². The highest BCUT2D eigenvalue weighted by Crippen LogP contribution is 2.38. The quantitative estimate of drug-likeness (QED) is 0.657.